The number of nitrogens with zero attached hydrogens (tertiary/aromatic N) is 2. The molecule has 0 saturated heterocycles. The Labute approximate surface area is 192 Å². The van der Waals surface area contributed by atoms with Crippen LogP contribution in [0.5, 0.6) is 0 Å². The molecule has 1 heterocycles. The number of anilines is 2. The fourth-order valence-corrected chi connectivity index (χ4v) is 3.39. The Morgan fingerprint density at radius 3 is 2.42 bits per heavy atom. The molecule has 0 fully saturated rings. The van der Waals surface area contributed by atoms with Crippen molar-refractivity contribution in [1.82, 2.24) is 10.3 Å². The van der Waals surface area contributed by atoms with Crippen LogP contribution in [0.3, 0.4) is 0 Å². The van der Waals surface area contributed by atoms with E-state index in [1.54, 1.807) is 75.5 Å². The lowest BCUT2D eigenvalue weighted by atomic mass is 10.1. The third-order valence-electron chi connectivity index (χ3n) is 4.65. The Hall–Kier alpha value is -3.94. The molecule has 2 aromatic carbocycles. The number of rotatable bonds is 5. The number of pyridine rings is 1. The molecule has 3 aromatic rings. The second-order valence-electron chi connectivity index (χ2n) is 8.64. The maximum absolute atomic E-state index is 13.2. The van der Waals surface area contributed by atoms with E-state index in [1.807, 2.05) is 13.0 Å². The molecule has 8 heteroatoms. The summed E-state index contributed by atoms with van der Waals surface area (Å²) in [6, 6.07) is 15.4. The lowest BCUT2D eigenvalue weighted by Crippen LogP contribution is -2.57. The largest absolute Gasteiger partial charge is 0.457 e. The lowest BCUT2D eigenvalue weighted by Gasteiger charge is -2.32. The van der Waals surface area contributed by atoms with Crippen molar-refractivity contribution in [1.29, 1.82) is 0 Å². The van der Waals surface area contributed by atoms with Crippen LogP contribution in [0.4, 0.5) is 16.2 Å². The molecule has 0 radical (unpaired) electrons. The van der Waals surface area contributed by atoms with Gasteiger partial charge in [-0.3, -0.25) is 14.7 Å². The molecule has 0 aliphatic rings. The molecular weight excluding hydrogens is 420 g/mol. The number of ether oxygens (including phenoxy) is 1. The topological polar surface area (TPSA) is 101 Å². The number of benzene rings is 2. The van der Waals surface area contributed by atoms with Crippen LogP contribution in [0.1, 0.15) is 33.3 Å². The number of urea groups is 1. The number of nitrogens with one attached hydrogen (secondary N) is 2. The number of hydrogen-bond donors (Lipinski definition) is 2. The maximum Gasteiger partial charge on any atom is 0.350 e. The molecule has 3 amide bonds. The van der Waals surface area contributed by atoms with E-state index in [0.717, 1.165) is 5.56 Å². The first kappa shape index (κ1) is 23.7. The first-order valence-corrected chi connectivity index (χ1v) is 10.6. The van der Waals surface area contributed by atoms with Crippen molar-refractivity contribution in [3.63, 3.8) is 0 Å². The summed E-state index contributed by atoms with van der Waals surface area (Å²) >= 11 is 0. The maximum atomic E-state index is 13.2. The summed E-state index contributed by atoms with van der Waals surface area (Å²) < 4.78 is 5.54. The molecule has 33 heavy (non-hydrogen) atoms. The van der Waals surface area contributed by atoms with Crippen molar-refractivity contribution >= 4 is 40.2 Å². The zero-order chi connectivity index (χ0) is 24.2. The lowest BCUT2D eigenvalue weighted by molar-refractivity contribution is -0.157. The minimum Gasteiger partial charge on any atom is -0.457 e. The second kappa shape index (κ2) is 9.68. The van der Waals surface area contributed by atoms with Gasteiger partial charge in [0.15, 0.2) is 0 Å². The average molecular weight is 449 g/mol. The van der Waals surface area contributed by atoms with Crippen LogP contribution < -0.4 is 15.5 Å². The van der Waals surface area contributed by atoms with E-state index in [2.05, 4.69) is 15.6 Å². The van der Waals surface area contributed by atoms with Gasteiger partial charge in [-0.05, 0) is 69.7 Å². The number of hydrogen-bond acceptors (Lipinski definition) is 5. The van der Waals surface area contributed by atoms with Gasteiger partial charge < -0.3 is 15.4 Å². The van der Waals surface area contributed by atoms with Gasteiger partial charge in [0.2, 0.25) is 12.1 Å². The van der Waals surface area contributed by atoms with E-state index >= 15 is 0 Å². The molecule has 0 saturated carbocycles. The Morgan fingerprint density at radius 2 is 1.76 bits per heavy atom. The number of carbonyl (C=O) groups is 3. The van der Waals surface area contributed by atoms with Crippen LogP contribution in [-0.2, 0) is 14.3 Å². The van der Waals surface area contributed by atoms with Crippen LogP contribution >= 0.6 is 0 Å². The minimum absolute atomic E-state index is 0.430. The number of amides is 3. The average Bonchev–Trinajstić information content (AvgIpc) is 2.72. The van der Waals surface area contributed by atoms with Gasteiger partial charge in [-0.25, -0.2) is 9.59 Å². The summed E-state index contributed by atoms with van der Waals surface area (Å²) in [5.74, 6) is -1.21. The molecule has 0 bridgehead atoms. The molecule has 3 rings (SSSR count). The van der Waals surface area contributed by atoms with E-state index in [4.69, 9.17) is 4.74 Å². The molecule has 2 N–H and O–H groups in total. The first-order valence-electron chi connectivity index (χ1n) is 10.6. The SMILES string of the molecule is CC(=O)N(c1cccc2ncccc12)C(NC(=O)Nc1cccc(C)c1)C(=O)OC(C)(C)C. The molecule has 172 valence electrons. The van der Waals surface area contributed by atoms with Gasteiger partial charge in [0, 0.05) is 24.2 Å². The third kappa shape index (κ3) is 6.06. The highest BCUT2D eigenvalue weighted by Crippen LogP contribution is 2.28. The fourth-order valence-electron chi connectivity index (χ4n) is 3.39. The number of carbonyl (C=O) groups excluding carboxylic acids is 3. The van der Waals surface area contributed by atoms with E-state index in [1.165, 1.54) is 11.8 Å². The van der Waals surface area contributed by atoms with E-state index in [0.29, 0.717) is 22.3 Å². The van der Waals surface area contributed by atoms with Gasteiger partial charge >= 0.3 is 12.0 Å². The summed E-state index contributed by atoms with van der Waals surface area (Å²) in [6.45, 7) is 8.38. The smallest absolute Gasteiger partial charge is 0.350 e. The highest BCUT2D eigenvalue weighted by Gasteiger charge is 2.35. The summed E-state index contributed by atoms with van der Waals surface area (Å²) in [5.41, 5.74) is 1.77. The summed E-state index contributed by atoms with van der Waals surface area (Å²) in [5, 5.41) is 5.97. The zero-order valence-electron chi connectivity index (χ0n) is 19.4. The molecule has 0 aliphatic carbocycles. The van der Waals surface area contributed by atoms with Crippen molar-refractivity contribution in [3.8, 4) is 0 Å². The summed E-state index contributed by atoms with van der Waals surface area (Å²) in [7, 11) is 0. The van der Waals surface area contributed by atoms with Crippen LogP contribution in [0, 0.1) is 6.92 Å². The quantitative estimate of drug-likeness (QED) is 0.445. The fraction of sp³-hybridized carbons (Fsp3) is 0.280. The molecule has 0 aliphatic heterocycles. The molecule has 1 aromatic heterocycles. The van der Waals surface area contributed by atoms with Crippen molar-refractivity contribution in [2.75, 3.05) is 10.2 Å². The Balaban J connectivity index is 2.01. The predicted octanol–water partition coefficient (Wildman–Crippen LogP) is 4.39. The van der Waals surface area contributed by atoms with Crippen molar-refractivity contribution in [3.05, 3.63) is 66.4 Å². The molecule has 0 spiro atoms. The van der Waals surface area contributed by atoms with Gasteiger partial charge in [0.1, 0.15) is 5.60 Å². The van der Waals surface area contributed by atoms with Gasteiger partial charge in [0.25, 0.3) is 0 Å². The summed E-state index contributed by atoms with van der Waals surface area (Å²) in [6.07, 6.45) is 0.237. The number of fused-ring (bicyclic) bond motifs is 1. The first-order chi connectivity index (χ1) is 15.5. The number of aromatic nitrogens is 1. The van der Waals surface area contributed by atoms with Crippen LogP contribution in [0.2, 0.25) is 0 Å². The van der Waals surface area contributed by atoms with Crippen molar-refractivity contribution < 1.29 is 19.1 Å². The van der Waals surface area contributed by atoms with E-state index in [9.17, 15) is 14.4 Å². The second-order valence-corrected chi connectivity index (χ2v) is 8.64. The van der Waals surface area contributed by atoms with E-state index < -0.39 is 29.7 Å². The number of aryl methyl sites for hydroxylation is 1. The van der Waals surface area contributed by atoms with Crippen molar-refractivity contribution in [2.45, 2.75) is 46.4 Å². The normalized spacial score (nSPS) is 12.0. The molecule has 1 unspecified atom stereocenters. The Bertz CT molecular complexity index is 1180. The third-order valence-corrected chi connectivity index (χ3v) is 4.65. The predicted molar refractivity (Wildman–Crippen MR) is 128 cm³/mol. The standard InChI is InChI=1S/C25H28N4O4/c1-16-9-6-10-18(15-16)27-24(32)28-22(23(31)33-25(3,4)5)29(17(2)30)21-13-7-12-20-19(21)11-8-14-26-20/h6-15,22H,1-5H3,(H2,27,28,32). The molecule has 8 nitrogen and oxygen atoms in total. The zero-order valence-corrected chi connectivity index (χ0v) is 19.4. The van der Waals surface area contributed by atoms with Crippen LogP contribution in [0.25, 0.3) is 10.9 Å². The Kier molecular flexibility index (Phi) is 6.96. The monoisotopic (exact) mass is 448 g/mol. The van der Waals surface area contributed by atoms with Gasteiger partial charge in [0.05, 0.1) is 11.2 Å². The highest BCUT2D eigenvalue weighted by atomic mass is 16.6. The minimum atomic E-state index is -1.41. The van der Waals surface area contributed by atoms with E-state index in [-0.39, 0.29) is 0 Å². The van der Waals surface area contributed by atoms with Gasteiger partial charge in [-0.2, -0.15) is 0 Å². The summed E-state index contributed by atoms with van der Waals surface area (Å²) in [4.78, 5) is 44.4. The van der Waals surface area contributed by atoms with Crippen molar-refractivity contribution in [2.24, 2.45) is 0 Å². The number of esters is 1. The highest BCUT2D eigenvalue weighted by molar-refractivity contribution is 6.06. The van der Waals surface area contributed by atoms with Crippen LogP contribution in [0.15, 0.2) is 60.8 Å². The molecule has 1 atom stereocenters. The Morgan fingerprint density at radius 1 is 1.03 bits per heavy atom. The van der Waals surface area contributed by atoms with Crippen LogP contribution in [-0.4, -0.2) is 34.7 Å². The van der Waals surface area contributed by atoms with Gasteiger partial charge in [-0.15, -0.1) is 0 Å². The van der Waals surface area contributed by atoms with Gasteiger partial charge in [-0.1, -0.05) is 18.2 Å². The molecular formula is C25H28N4O4.